The second-order valence-electron chi connectivity index (χ2n) is 2.10. The number of aliphatic hydroxyl groups is 1. The summed E-state index contributed by atoms with van der Waals surface area (Å²) in [5.74, 6) is 0. The lowest BCUT2D eigenvalue weighted by Crippen LogP contribution is -2.25. The first-order valence-electron chi connectivity index (χ1n) is 2.72. The highest BCUT2D eigenvalue weighted by Gasteiger charge is 2.18. The third-order valence-corrected chi connectivity index (χ3v) is 1.48. The van der Waals surface area contributed by atoms with Gasteiger partial charge in [-0.15, -0.1) is 0 Å². The molecule has 2 atom stereocenters. The van der Waals surface area contributed by atoms with Gasteiger partial charge in [0.1, 0.15) is 0 Å². The largest absolute Gasteiger partial charge is 0.391 e. The molecule has 0 aromatic carbocycles. The normalized spacial score (nSPS) is 42.0. The highest BCUT2D eigenvalue weighted by molar-refractivity contribution is 4.78. The Labute approximate surface area is 43.5 Å². The first-order valence-corrected chi connectivity index (χ1v) is 2.72. The Hall–Kier alpha value is -0.0800. The maximum Gasteiger partial charge on any atom is 0.0702 e. The zero-order chi connectivity index (χ0) is 5.28. The van der Waals surface area contributed by atoms with Crippen molar-refractivity contribution in [1.82, 2.24) is 5.32 Å². The second-order valence-corrected chi connectivity index (χ2v) is 2.10. The minimum Gasteiger partial charge on any atom is -0.391 e. The fourth-order valence-electron chi connectivity index (χ4n) is 0.845. The van der Waals surface area contributed by atoms with Crippen LogP contribution in [0.15, 0.2) is 0 Å². The molecule has 1 aliphatic heterocycles. The monoisotopic (exact) mass is 101 g/mol. The molecule has 1 heterocycles. The molecule has 0 aromatic rings. The van der Waals surface area contributed by atoms with Gasteiger partial charge in [-0.2, -0.15) is 0 Å². The van der Waals surface area contributed by atoms with Gasteiger partial charge in [0.2, 0.25) is 0 Å². The first kappa shape index (κ1) is 5.06. The van der Waals surface area contributed by atoms with Crippen LogP contribution in [0, 0.1) is 0 Å². The molecule has 2 heteroatoms. The maximum atomic E-state index is 8.94. The Morgan fingerprint density at radius 3 is 2.57 bits per heavy atom. The quantitative estimate of drug-likeness (QED) is 0.440. The molecule has 1 fully saturated rings. The zero-order valence-electron chi connectivity index (χ0n) is 4.52. The highest BCUT2D eigenvalue weighted by Crippen LogP contribution is 2.03. The average molecular weight is 101 g/mol. The van der Waals surface area contributed by atoms with Crippen LogP contribution in [0.25, 0.3) is 0 Å². The van der Waals surface area contributed by atoms with Crippen LogP contribution in [0.4, 0.5) is 0 Å². The van der Waals surface area contributed by atoms with Gasteiger partial charge < -0.3 is 10.4 Å². The first-order chi connectivity index (χ1) is 3.30. The van der Waals surface area contributed by atoms with Crippen molar-refractivity contribution in [3.63, 3.8) is 0 Å². The third kappa shape index (κ3) is 0.924. The molecular formula is C5H11NO. The van der Waals surface area contributed by atoms with E-state index in [2.05, 4.69) is 5.32 Å². The van der Waals surface area contributed by atoms with Gasteiger partial charge in [0.05, 0.1) is 6.10 Å². The molecule has 1 rings (SSSR count). The third-order valence-electron chi connectivity index (χ3n) is 1.48. The maximum absolute atomic E-state index is 8.94. The molecule has 1 aliphatic rings. The van der Waals surface area contributed by atoms with Crippen molar-refractivity contribution in [1.29, 1.82) is 0 Å². The standard InChI is InChI=1S/C5H11NO/c1-4-5(7)2-3-6-4/h4-7H,2-3H2,1H3. The number of hydrogen-bond acceptors (Lipinski definition) is 2. The summed E-state index contributed by atoms with van der Waals surface area (Å²) in [5.41, 5.74) is 0. The Morgan fingerprint density at radius 1 is 1.71 bits per heavy atom. The molecule has 1 saturated heterocycles. The molecule has 0 bridgehead atoms. The summed E-state index contributed by atoms with van der Waals surface area (Å²) >= 11 is 0. The predicted molar refractivity (Wildman–Crippen MR) is 28.1 cm³/mol. The molecule has 2 unspecified atom stereocenters. The van der Waals surface area contributed by atoms with Crippen LogP contribution in [0.1, 0.15) is 13.3 Å². The van der Waals surface area contributed by atoms with E-state index in [4.69, 9.17) is 5.11 Å². The summed E-state index contributed by atoms with van der Waals surface area (Å²) in [5, 5.41) is 12.1. The van der Waals surface area contributed by atoms with E-state index in [1.165, 1.54) is 0 Å². The summed E-state index contributed by atoms with van der Waals surface area (Å²) in [6, 6.07) is 0.319. The van der Waals surface area contributed by atoms with Crippen LogP contribution in [-0.4, -0.2) is 23.8 Å². The van der Waals surface area contributed by atoms with E-state index in [-0.39, 0.29) is 6.10 Å². The summed E-state index contributed by atoms with van der Waals surface area (Å²) in [4.78, 5) is 0. The summed E-state index contributed by atoms with van der Waals surface area (Å²) in [7, 11) is 0. The van der Waals surface area contributed by atoms with Crippen LogP contribution in [0.2, 0.25) is 0 Å². The van der Waals surface area contributed by atoms with E-state index in [1.54, 1.807) is 0 Å². The van der Waals surface area contributed by atoms with Crippen molar-refractivity contribution in [2.75, 3.05) is 6.54 Å². The molecule has 42 valence electrons. The fraction of sp³-hybridized carbons (Fsp3) is 1.00. The van der Waals surface area contributed by atoms with E-state index >= 15 is 0 Å². The predicted octanol–water partition coefficient (Wildman–Crippen LogP) is -0.271. The summed E-state index contributed by atoms with van der Waals surface area (Å²) < 4.78 is 0. The van der Waals surface area contributed by atoms with Gasteiger partial charge in [-0.3, -0.25) is 0 Å². The van der Waals surface area contributed by atoms with Gasteiger partial charge >= 0.3 is 0 Å². The molecule has 0 amide bonds. The van der Waals surface area contributed by atoms with Crippen molar-refractivity contribution in [3.05, 3.63) is 0 Å². The fourth-order valence-corrected chi connectivity index (χ4v) is 0.845. The zero-order valence-corrected chi connectivity index (χ0v) is 4.52. The molecular weight excluding hydrogens is 90.1 g/mol. The van der Waals surface area contributed by atoms with Crippen LogP contribution in [0.3, 0.4) is 0 Å². The van der Waals surface area contributed by atoms with Gasteiger partial charge in [-0.05, 0) is 19.9 Å². The highest BCUT2D eigenvalue weighted by atomic mass is 16.3. The van der Waals surface area contributed by atoms with E-state index in [1.807, 2.05) is 6.92 Å². The number of aliphatic hydroxyl groups excluding tert-OH is 1. The van der Waals surface area contributed by atoms with Crippen LogP contribution in [-0.2, 0) is 0 Å². The SMILES string of the molecule is CC1NCCC1O. The van der Waals surface area contributed by atoms with Gasteiger partial charge in [-0.1, -0.05) is 0 Å². The molecule has 2 nitrogen and oxygen atoms in total. The van der Waals surface area contributed by atoms with E-state index in [0.717, 1.165) is 13.0 Å². The van der Waals surface area contributed by atoms with Crippen molar-refractivity contribution in [2.24, 2.45) is 0 Å². The van der Waals surface area contributed by atoms with Crippen molar-refractivity contribution >= 4 is 0 Å². The van der Waals surface area contributed by atoms with Crippen LogP contribution >= 0.6 is 0 Å². The molecule has 2 N–H and O–H groups in total. The average Bonchev–Trinajstić information content (AvgIpc) is 1.91. The van der Waals surface area contributed by atoms with Gasteiger partial charge in [0, 0.05) is 6.04 Å². The second kappa shape index (κ2) is 1.80. The smallest absolute Gasteiger partial charge is 0.0702 e. The van der Waals surface area contributed by atoms with Crippen molar-refractivity contribution < 1.29 is 5.11 Å². The molecule has 0 radical (unpaired) electrons. The number of hydrogen-bond donors (Lipinski definition) is 2. The topological polar surface area (TPSA) is 32.3 Å². The molecule has 0 saturated carbocycles. The molecule has 0 aliphatic carbocycles. The van der Waals surface area contributed by atoms with Gasteiger partial charge in [0.15, 0.2) is 0 Å². The molecule has 7 heavy (non-hydrogen) atoms. The van der Waals surface area contributed by atoms with Crippen molar-refractivity contribution in [2.45, 2.75) is 25.5 Å². The van der Waals surface area contributed by atoms with Crippen LogP contribution in [0.5, 0.6) is 0 Å². The Morgan fingerprint density at radius 2 is 2.43 bits per heavy atom. The lowest BCUT2D eigenvalue weighted by molar-refractivity contribution is 0.166. The summed E-state index contributed by atoms with van der Waals surface area (Å²) in [6.45, 7) is 2.97. The Balaban J connectivity index is 2.33. The van der Waals surface area contributed by atoms with Gasteiger partial charge in [-0.25, -0.2) is 0 Å². The molecule has 0 spiro atoms. The number of rotatable bonds is 0. The van der Waals surface area contributed by atoms with E-state index < -0.39 is 0 Å². The van der Waals surface area contributed by atoms with Crippen molar-refractivity contribution in [3.8, 4) is 0 Å². The van der Waals surface area contributed by atoms with Gasteiger partial charge in [0.25, 0.3) is 0 Å². The van der Waals surface area contributed by atoms with E-state index in [9.17, 15) is 0 Å². The minimum absolute atomic E-state index is 0.0972. The van der Waals surface area contributed by atoms with Crippen LogP contribution < -0.4 is 5.32 Å². The van der Waals surface area contributed by atoms with E-state index in [0.29, 0.717) is 6.04 Å². The lowest BCUT2D eigenvalue weighted by atomic mass is 10.2. The Kier molecular flexibility index (Phi) is 1.30. The number of nitrogens with one attached hydrogen (secondary N) is 1. The lowest BCUT2D eigenvalue weighted by Gasteiger charge is -2.04. The molecule has 0 aromatic heterocycles. The Bertz CT molecular complexity index is 57.1. The summed E-state index contributed by atoms with van der Waals surface area (Å²) in [6.07, 6.45) is 0.821. The minimum atomic E-state index is -0.0972.